The summed E-state index contributed by atoms with van der Waals surface area (Å²) in [5, 5.41) is 0. The average molecular weight is 846 g/mol. The van der Waals surface area contributed by atoms with E-state index in [2.05, 4.69) is 90.1 Å². The molecule has 2 aromatic rings. The van der Waals surface area contributed by atoms with Crippen molar-refractivity contribution in [1.82, 2.24) is 0 Å². The van der Waals surface area contributed by atoms with Crippen LogP contribution in [0.15, 0.2) is 60.7 Å². The van der Waals surface area contributed by atoms with Crippen LogP contribution in [0.2, 0.25) is 0 Å². The Morgan fingerprint density at radius 3 is 1.20 bits per heavy atom. The van der Waals surface area contributed by atoms with Gasteiger partial charge in [0.25, 0.3) is 0 Å². The predicted octanol–water partition coefficient (Wildman–Crippen LogP) is 17.8. The molecule has 0 saturated heterocycles. The molecule has 0 aromatic heterocycles. The van der Waals surface area contributed by atoms with E-state index >= 15 is 0 Å². The second kappa shape index (κ2) is 39.0. The van der Waals surface area contributed by atoms with Crippen LogP contribution in [-0.2, 0) is 33.3 Å². The quantitative estimate of drug-likeness (QED) is 0.0324. The molecule has 0 spiro atoms. The fraction of sp³-hybridized carbons (Fsp3) is 0.654. The molecule has 0 saturated carbocycles. The van der Waals surface area contributed by atoms with Crippen LogP contribution in [0.3, 0.4) is 0 Å². The summed E-state index contributed by atoms with van der Waals surface area (Å²) in [6.45, 7) is 16.7. The molecule has 0 radical (unpaired) electrons. The maximum Gasteiger partial charge on any atom is 2.00 e. The molecule has 0 amide bonds. The van der Waals surface area contributed by atoms with Crippen molar-refractivity contribution in [2.45, 2.75) is 220 Å². The molecular weight excluding hydrogens is 759 g/mol. The Bertz CT molecular complexity index is 1170. The zero-order chi connectivity index (χ0) is 39.3. The molecule has 0 N–H and O–H groups in total. The summed E-state index contributed by atoms with van der Waals surface area (Å²) in [5.41, 5.74) is 17.4. The molecule has 1 aliphatic rings. The van der Waals surface area contributed by atoms with Gasteiger partial charge in [-0.05, 0) is 61.1 Å². The Morgan fingerprint density at radius 1 is 0.418 bits per heavy atom. The standard InChI is InChI=1S/C28H36N2.2C12H25.Pd/c1-3-5-7-9-12-23-16-18-25(19-17-23)27-20-21-28(30(27)29)26-15-11-14-24(22-26)13-10-8-6-4-2;2*1-3-5-7-9-11-12-10-8-6-4-2;/h11,14-22H,3-10,12-13H2,1-2H3;2*1,3-12H2,2H3;/q;2*-1;+2. The van der Waals surface area contributed by atoms with Gasteiger partial charge in [0.05, 0.1) is 0 Å². The first kappa shape index (κ1) is 53.2. The molecule has 2 nitrogen and oxygen atoms in total. The number of hydrogen-bond acceptors (Lipinski definition) is 0. The van der Waals surface area contributed by atoms with Crippen molar-refractivity contribution in [2.75, 3.05) is 0 Å². The van der Waals surface area contributed by atoms with Gasteiger partial charge in [0.2, 0.25) is 11.4 Å². The number of hydrogen-bond donors (Lipinski definition) is 0. The Balaban J connectivity index is 0.000000967. The van der Waals surface area contributed by atoms with Crippen LogP contribution in [0, 0.1) is 13.8 Å². The molecule has 0 fully saturated rings. The van der Waals surface area contributed by atoms with E-state index in [0.29, 0.717) is 0 Å². The van der Waals surface area contributed by atoms with Crippen molar-refractivity contribution in [2.24, 2.45) is 0 Å². The van der Waals surface area contributed by atoms with E-state index < -0.39 is 0 Å². The van der Waals surface area contributed by atoms with Crippen LogP contribution in [0.25, 0.3) is 16.9 Å². The summed E-state index contributed by atoms with van der Waals surface area (Å²) < 4.78 is 1.34. The number of unbranched alkanes of at least 4 members (excludes halogenated alkanes) is 24. The maximum atomic E-state index is 10.9. The molecule has 1 aliphatic heterocycles. The van der Waals surface area contributed by atoms with Crippen molar-refractivity contribution in [3.8, 4) is 0 Å². The van der Waals surface area contributed by atoms with Crippen LogP contribution in [0.5, 0.6) is 0 Å². The van der Waals surface area contributed by atoms with E-state index in [0.717, 1.165) is 48.2 Å². The molecule has 3 heteroatoms. The smallest absolute Gasteiger partial charge is 0.493 e. The maximum absolute atomic E-state index is 10.9. The van der Waals surface area contributed by atoms with Crippen LogP contribution in [0.4, 0.5) is 0 Å². The van der Waals surface area contributed by atoms with E-state index in [4.69, 9.17) is 0 Å². The summed E-state index contributed by atoms with van der Waals surface area (Å²) in [4.78, 5) is 0. The fourth-order valence-corrected chi connectivity index (χ4v) is 7.08. The number of rotatable bonds is 30. The second-order valence-corrected chi connectivity index (χ2v) is 15.8. The van der Waals surface area contributed by atoms with Gasteiger partial charge in [0.1, 0.15) is 0 Å². The molecule has 1 heterocycles. The Labute approximate surface area is 357 Å². The minimum Gasteiger partial charge on any atom is -0.493 e. The third-order valence-corrected chi connectivity index (χ3v) is 10.7. The van der Waals surface area contributed by atoms with E-state index in [1.807, 2.05) is 12.2 Å². The number of nitrogens with zero attached hydrogens (tertiary/aromatic N) is 2. The van der Waals surface area contributed by atoms with Crippen molar-refractivity contribution < 1.29 is 25.1 Å². The van der Waals surface area contributed by atoms with Gasteiger partial charge in [0.15, 0.2) is 0 Å². The first-order valence-electron chi connectivity index (χ1n) is 23.2. The summed E-state index contributed by atoms with van der Waals surface area (Å²) >= 11 is 0. The monoisotopic (exact) mass is 845 g/mol. The van der Waals surface area contributed by atoms with Crippen molar-refractivity contribution >= 4 is 11.4 Å². The predicted molar refractivity (Wildman–Crippen MR) is 243 cm³/mol. The molecule has 0 atom stereocenters. The summed E-state index contributed by atoms with van der Waals surface area (Å²) in [6.07, 6.45) is 44.3. The third kappa shape index (κ3) is 27.5. The Kier molecular flexibility index (Phi) is 37.7. The largest absolute Gasteiger partial charge is 2.00 e. The van der Waals surface area contributed by atoms with Crippen LogP contribution < -0.4 is 0 Å². The minimum absolute atomic E-state index is 0. The van der Waals surface area contributed by atoms with E-state index in [1.54, 1.807) is 0 Å². The molecule has 0 aliphatic carbocycles. The summed E-state index contributed by atoms with van der Waals surface area (Å²) in [6, 6.07) is 17.3. The van der Waals surface area contributed by atoms with Crippen molar-refractivity contribution in [3.63, 3.8) is 0 Å². The van der Waals surface area contributed by atoms with Gasteiger partial charge in [-0.1, -0.05) is 206 Å². The molecule has 55 heavy (non-hydrogen) atoms. The van der Waals surface area contributed by atoms with E-state index in [9.17, 15) is 5.53 Å². The minimum atomic E-state index is 0. The third-order valence-electron chi connectivity index (χ3n) is 10.7. The molecular formula is C52H86N2Pd. The fourth-order valence-electron chi connectivity index (χ4n) is 7.08. The zero-order valence-corrected chi connectivity index (χ0v) is 38.2. The van der Waals surface area contributed by atoms with Gasteiger partial charge >= 0.3 is 20.4 Å². The number of allylic oxidation sites excluding steroid dienone is 2. The molecule has 0 bridgehead atoms. The summed E-state index contributed by atoms with van der Waals surface area (Å²) in [5.74, 6) is 0. The molecule has 0 unspecified atom stereocenters. The van der Waals surface area contributed by atoms with E-state index in [-0.39, 0.29) is 20.4 Å². The van der Waals surface area contributed by atoms with E-state index in [1.165, 1.54) is 183 Å². The second-order valence-electron chi connectivity index (χ2n) is 15.8. The topological polar surface area (TPSA) is 25.3 Å². The first-order chi connectivity index (χ1) is 26.6. The zero-order valence-electron chi connectivity index (χ0n) is 36.6. The SMILES string of the molecule is CCCCCCc1ccc(C2=CC=C(c3cccc(CCCCCC)c3)[N+]2=[N-])cc1.[CH2-]CCCCCCCCCCC.[CH2-]CCCCCCCCCCC.[Pd+2]. The number of aryl methyl sites for hydroxylation is 2. The molecule has 314 valence electrons. The van der Waals surface area contributed by atoms with Crippen molar-refractivity contribution in [1.29, 1.82) is 0 Å². The molecule has 2 aromatic carbocycles. The van der Waals surface area contributed by atoms with Gasteiger partial charge in [-0.15, -0.1) is 0 Å². The van der Waals surface area contributed by atoms with Crippen LogP contribution in [0.1, 0.15) is 230 Å². The van der Waals surface area contributed by atoms with Crippen molar-refractivity contribution in [3.05, 3.63) is 102 Å². The van der Waals surface area contributed by atoms with Gasteiger partial charge in [-0.2, -0.15) is 12.8 Å². The van der Waals surface area contributed by atoms with Gasteiger partial charge < -0.3 is 19.4 Å². The van der Waals surface area contributed by atoms with Crippen LogP contribution >= 0.6 is 0 Å². The number of benzene rings is 2. The first-order valence-corrected chi connectivity index (χ1v) is 23.2. The molecule has 3 rings (SSSR count). The Hall–Kier alpha value is -1.82. The summed E-state index contributed by atoms with van der Waals surface area (Å²) in [7, 11) is 0. The van der Waals surface area contributed by atoms with Gasteiger partial charge in [-0.25, -0.2) is 4.70 Å². The normalized spacial score (nSPS) is 11.9. The average Bonchev–Trinajstić information content (AvgIpc) is 3.59. The van der Waals surface area contributed by atoms with Gasteiger partial charge in [0, 0.05) is 23.3 Å². The van der Waals surface area contributed by atoms with Gasteiger partial charge in [-0.3, -0.25) is 0 Å². The van der Waals surface area contributed by atoms with Crippen LogP contribution in [-0.4, -0.2) is 4.70 Å². The Morgan fingerprint density at radius 2 is 0.782 bits per heavy atom.